The fraction of sp³-hybridized carbons (Fsp3) is 0.500. The number of aliphatic hydroxyl groups excluding tert-OH is 1. The first kappa shape index (κ1) is 14.7. The highest BCUT2D eigenvalue weighted by Crippen LogP contribution is 2.50. The predicted octanol–water partition coefficient (Wildman–Crippen LogP) is 3.10. The number of alkyl halides is 1. The first-order valence-corrected chi connectivity index (χ1v) is 8.13. The highest BCUT2D eigenvalue weighted by molar-refractivity contribution is 7.58. The van der Waals surface area contributed by atoms with Crippen LogP contribution in [0.1, 0.15) is 12.5 Å². The largest absolute Gasteiger partial charge is 0.391 e. The van der Waals surface area contributed by atoms with E-state index in [-0.39, 0.29) is 12.0 Å². The van der Waals surface area contributed by atoms with E-state index in [4.69, 9.17) is 16.1 Å². The molecule has 17 heavy (non-hydrogen) atoms. The summed E-state index contributed by atoms with van der Waals surface area (Å²) < 4.78 is 17.9. The minimum absolute atomic E-state index is 0.0753. The molecule has 0 fully saturated rings. The molecule has 0 aliphatic heterocycles. The van der Waals surface area contributed by atoms with E-state index >= 15 is 0 Å². The van der Waals surface area contributed by atoms with Crippen LogP contribution in [0.2, 0.25) is 0 Å². The van der Waals surface area contributed by atoms with E-state index in [9.17, 15) is 9.67 Å². The monoisotopic (exact) mass is 276 g/mol. The second-order valence-electron chi connectivity index (χ2n) is 3.87. The average Bonchev–Trinajstić information content (AvgIpc) is 2.30. The standard InChI is InChI=1S/C12H18ClO3P/c1-2-16-17(15,10-12(14)8-13)9-11-6-4-3-5-7-11/h3-7,12,14H,2,8-10H2,1H3/t12-,17?/m1/s1. The van der Waals surface area contributed by atoms with Gasteiger partial charge in [0.25, 0.3) is 0 Å². The number of hydrogen-bond donors (Lipinski definition) is 1. The third-order valence-electron chi connectivity index (χ3n) is 2.30. The third kappa shape index (κ3) is 5.22. The molecule has 0 bridgehead atoms. The van der Waals surface area contributed by atoms with Gasteiger partial charge in [0.15, 0.2) is 0 Å². The molecule has 0 heterocycles. The molecular weight excluding hydrogens is 259 g/mol. The van der Waals surface area contributed by atoms with Crippen LogP contribution >= 0.6 is 19.0 Å². The van der Waals surface area contributed by atoms with E-state index in [0.29, 0.717) is 12.8 Å². The van der Waals surface area contributed by atoms with Crippen LogP contribution in [0.5, 0.6) is 0 Å². The van der Waals surface area contributed by atoms with Crippen molar-refractivity contribution in [2.45, 2.75) is 19.2 Å². The van der Waals surface area contributed by atoms with Gasteiger partial charge in [-0.25, -0.2) is 0 Å². The van der Waals surface area contributed by atoms with Crippen molar-refractivity contribution in [1.82, 2.24) is 0 Å². The van der Waals surface area contributed by atoms with Crippen molar-refractivity contribution in [2.75, 3.05) is 18.6 Å². The van der Waals surface area contributed by atoms with Crippen molar-refractivity contribution >= 4 is 19.0 Å². The maximum absolute atomic E-state index is 12.5. The molecule has 0 spiro atoms. The molecule has 1 aromatic rings. The minimum atomic E-state index is -2.85. The molecule has 0 amide bonds. The van der Waals surface area contributed by atoms with Crippen LogP contribution in [-0.4, -0.2) is 29.9 Å². The molecule has 1 N–H and O–H groups in total. The summed E-state index contributed by atoms with van der Waals surface area (Å²) >= 11 is 5.53. The van der Waals surface area contributed by atoms with Gasteiger partial charge in [0.05, 0.1) is 18.9 Å². The van der Waals surface area contributed by atoms with Gasteiger partial charge in [-0.2, -0.15) is 0 Å². The molecule has 1 rings (SSSR count). The number of hydrogen-bond acceptors (Lipinski definition) is 3. The van der Waals surface area contributed by atoms with Crippen LogP contribution in [0.3, 0.4) is 0 Å². The Labute approximate surface area is 107 Å². The van der Waals surface area contributed by atoms with Gasteiger partial charge in [-0.1, -0.05) is 30.3 Å². The molecular formula is C12H18ClO3P. The summed E-state index contributed by atoms with van der Waals surface area (Å²) in [6, 6.07) is 9.49. The summed E-state index contributed by atoms with van der Waals surface area (Å²) in [6.07, 6.45) is -0.327. The summed E-state index contributed by atoms with van der Waals surface area (Å²) in [5, 5.41) is 9.51. The van der Waals surface area contributed by atoms with Crippen molar-refractivity contribution < 1.29 is 14.2 Å². The molecule has 0 aliphatic rings. The molecule has 96 valence electrons. The number of aliphatic hydroxyl groups is 1. The van der Waals surface area contributed by atoms with E-state index in [1.165, 1.54) is 0 Å². The van der Waals surface area contributed by atoms with E-state index in [1.54, 1.807) is 6.92 Å². The lowest BCUT2D eigenvalue weighted by molar-refractivity contribution is 0.213. The maximum atomic E-state index is 12.5. The van der Waals surface area contributed by atoms with Gasteiger partial charge >= 0.3 is 0 Å². The predicted molar refractivity (Wildman–Crippen MR) is 71.0 cm³/mol. The summed E-state index contributed by atoms with van der Waals surface area (Å²) in [5.41, 5.74) is 0.950. The van der Waals surface area contributed by atoms with Crippen LogP contribution in [0.25, 0.3) is 0 Å². The second kappa shape index (κ2) is 7.17. The molecule has 0 saturated carbocycles. The zero-order chi connectivity index (χ0) is 12.7. The van der Waals surface area contributed by atoms with E-state index in [0.717, 1.165) is 5.56 Å². The van der Waals surface area contributed by atoms with E-state index in [2.05, 4.69) is 0 Å². The smallest absolute Gasteiger partial charge is 0.210 e. The van der Waals surface area contributed by atoms with E-state index in [1.807, 2.05) is 30.3 Å². The Kier molecular flexibility index (Phi) is 6.21. The van der Waals surface area contributed by atoms with Crippen molar-refractivity contribution in [2.24, 2.45) is 0 Å². The lowest BCUT2D eigenvalue weighted by atomic mass is 10.2. The van der Waals surface area contributed by atoms with Gasteiger partial charge in [-0.15, -0.1) is 11.6 Å². The number of benzene rings is 1. The molecule has 0 aliphatic carbocycles. The fourth-order valence-electron chi connectivity index (χ4n) is 1.63. The molecule has 5 heteroatoms. The maximum Gasteiger partial charge on any atom is 0.210 e. The van der Waals surface area contributed by atoms with Crippen LogP contribution in [0, 0.1) is 0 Å². The van der Waals surface area contributed by atoms with Gasteiger partial charge in [0.2, 0.25) is 7.37 Å². The van der Waals surface area contributed by atoms with Crippen LogP contribution in [0.15, 0.2) is 30.3 Å². The Morgan fingerprint density at radius 1 is 1.41 bits per heavy atom. The highest BCUT2D eigenvalue weighted by Gasteiger charge is 2.26. The fourth-order valence-corrected chi connectivity index (χ4v) is 4.23. The van der Waals surface area contributed by atoms with Crippen molar-refractivity contribution in [3.05, 3.63) is 35.9 Å². The average molecular weight is 277 g/mol. The molecule has 1 aromatic carbocycles. The lowest BCUT2D eigenvalue weighted by Crippen LogP contribution is -2.16. The SMILES string of the molecule is CCOP(=O)(Cc1ccccc1)C[C@H](O)CCl. The van der Waals surface area contributed by atoms with Gasteiger partial charge in [0.1, 0.15) is 0 Å². The quantitative estimate of drug-likeness (QED) is 0.615. The molecule has 0 radical (unpaired) electrons. The normalized spacial score (nSPS) is 16.4. The minimum Gasteiger partial charge on any atom is -0.391 e. The van der Waals surface area contributed by atoms with Crippen LogP contribution in [-0.2, 0) is 15.3 Å². The van der Waals surface area contributed by atoms with Crippen molar-refractivity contribution in [1.29, 1.82) is 0 Å². The first-order chi connectivity index (χ1) is 8.09. The summed E-state index contributed by atoms with van der Waals surface area (Å²) in [6.45, 7) is 2.17. The topological polar surface area (TPSA) is 46.5 Å². The summed E-state index contributed by atoms with van der Waals surface area (Å²) in [7, 11) is -2.85. The Morgan fingerprint density at radius 3 is 2.59 bits per heavy atom. The molecule has 2 atom stereocenters. The molecule has 1 unspecified atom stereocenters. The molecule has 0 saturated heterocycles. The Bertz CT molecular complexity index is 369. The zero-order valence-electron chi connectivity index (χ0n) is 9.88. The van der Waals surface area contributed by atoms with Crippen molar-refractivity contribution in [3.8, 4) is 0 Å². The van der Waals surface area contributed by atoms with Crippen LogP contribution in [0.4, 0.5) is 0 Å². The van der Waals surface area contributed by atoms with Gasteiger partial charge < -0.3 is 9.63 Å². The first-order valence-electron chi connectivity index (χ1n) is 5.60. The number of rotatable bonds is 7. The van der Waals surface area contributed by atoms with Gasteiger partial charge in [-0.3, -0.25) is 4.57 Å². The van der Waals surface area contributed by atoms with Gasteiger partial charge in [-0.05, 0) is 12.5 Å². The Morgan fingerprint density at radius 2 is 2.06 bits per heavy atom. The van der Waals surface area contributed by atoms with Gasteiger partial charge in [0, 0.05) is 12.0 Å². The van der Waals surface area contributed by atoms with Crippen molar-refractivity contribution in [3.63, 3.8) is 0 Å². The summed E-state index contributed by atoms with van der Waals surface area (Å²) in [5.74, 6) is 0.0753. The number of halogens is 1. The molecule has 3 nitrogen and oxygen atoms in total. The second-order valence-corrected chi connectivity index (χ2v) is 6.74. The lowest BCUT2D eigenvalue weighted by Gasteiger charge is -2.20. The third-order valence-corrected chi connectivity index (χ3v) is 5.21. The summed E-state index contributed by atoms with van der Waals surface area (Å²) in [4.78, 5) is 0. The van der Waals surface area contributed by atoms with Crippen LogP contribution < -0.4 is 0 Å². The Balaban J connectivity index is 2.74. The zero-order valence-corrected chi connectivity index (χ0v) is 11.5. The van der Waals surface area contributed by atoms with E-state index < -0.39 is 13.5 Å². The Hall–Kier alpha value is -0.340. The highest BCUT2D eigenvalue weighted by atomic mass is 35.5. The molecule has 0 aromatic heterocycles.